The minimum atomic E-state index is -0.723. The number of hydrogen-bond donors (Lipinski definition) is 2. The van der Waals surface area contributed by atoms with E-state index in [-0.39, 0.29) is 23.7 Å². The lowest BCUT2D eigenvalue weighted by Crippen LogP contribution is -2.20. The highest BCUT2D eigenvalue weighted by Crippen LogP contribution is 2.16. The van der Waals surface area contributed by atoms with Gasteiger partial charge in [0.05, 0.1) is 12.3 Å². The predicted molar refractivity (Wildman–Crippen MR) is 59.8 cm³/mol. The number of halogens is 1. The Morgan fingerprint density at radius 1 is 1.73 bits per heavy atom. The number of nitrogens with two attached hydrogens (primary N) is 1. The third kappa shape index (κ3) is 2.76. The van der Waals surface area contributed by atoms with Crippen molar-refractivity contribution in [3.63, 3.8) is 0 Å². The number of nitrogen functional groups attached to an aromatic ring is 1. The Bertz CT molecular complexity index is 406. The molecule has 0 atom stereocenters. The first kappa shape index (κ1) is 11.6. The summed E-state index contributed by atoms with van der Waals surface area (Å²) in [4.78, 5) is 15.1. The zero-order valence-electron chi connectivity index (χ0n) is 8.08. The Kier molecular flexibility index (Phi) is 3.79. The molecule has 0 aromatic carbocycles. The molecule has 0 spiro atoms. The topological polar surface area (TPSA) is 89.1 Å². The standard InChI is InChI=1S/C9H10BrN3O2/c1-2-15-9(14)7(12)8-6(11)3-5(10)4-13-8/h3-4,12H,2,11H2,1H3. The van der Waals surface area contributed by atoms with Crippen LogP contribution in [-0.4, -0.2) is 23.3 Å². The van der Waals surface area contributed by atoms with Gasteiger partial charge in [0, 0.05) is 10.7 Å². The van der Waals surface area contributed by atoms with Crippen molar-refractivity contribution in [3.8, 4) is 0 Å². The molecule has 15 heavy (non-hydrogen) atoms. The first-order chi connectivity index (χ1) is 7.06. The fourth-order valence-electron chi connectivity index (χ4n) is 0.964. The smallest absolute Gasteiger partial charge is 0.358 e. The third-order valence-corrected chi connectivity index (χ3v) is 2.03. The summed E-state index contributed by atoms with van der Waals surface area (Å²) in [5.74, 6) is -0.723. The van der Waals surface area contributed by atoms with Gasteiger partial charge in [-0.1, -0.05) is 0 Å². The number of ether oxygens (including phenoxy) is 1. The van der Waals surface area contributed by atoms with Gasteiger partial charge in [-0.05, 0) is 28.9 Å². The summed E-state index contributed by atoms with van der Waals surface area (Å²) >= 11 is 3.18. The van der Waals surface area contributed by atoms with Gasteiger partial charge < -0.3 is 10.5 Å². The van der Waals surface area contributed by atoms with E-state index in [0.717, 1.165) is 0 Å². The number of anilines is 1. The van der Waals surface area contributed by atoms with Crippen molar-refractivity contribution in [2.24, 2.45) is 0 Å². The number of esters is 1. The second-order valence-corrected chi connectivity index (χ2v) is 3.60. The van der Waals surface area contributed by atoms with Crippen LogP contribution < -0.4 is 5.73 Å². The number of hydrogen-bond acceptors (Lipinski definition) is 5. The van der Waals surface area contributed by atoms with Gasteiger partial charge in [0.25, 0.3) is 0 Å². The van der Waals surface area contributed by atoms with E-state index in [1.165, 1.54) is 6.20 Å². The van der Waals surface area contributed by atoms with E-state index < -0.39 is 5.97 Å². The number of nitrogens with one attached hydrogen (secondary N) is 1. The maximum atomic E-state index is 11.2. The summed E-state index contributed by atoms with van der Waals surface area (Å²) in [6.45, 7) is 1.89. The normalized spacial score (nSPS) is 9.73. The van der Waals surface area contributed by atoms with E-state index in [1.54, 1.807) is 13.0 Å². The van der Waals surface area contributed by atoms with E-state index >= 15 is 0 Å². The molecule has 0 aliphatic heterocycles. The first-order valence-corrected chi connectivity index (χ1v) is 5.02. The van der Waals surface area contributed by atoms with Crippen molar-refractivity contribution in [1.29, 1.82) is 5.41 Å². The van der Waals surface area contributed by atoms with Crippen molar-refractivity contribution < 1.29 is 9.53 Å². The molecule has 0 saturated carbocycles. The molecule has 0 bridgehead atoms. The quantitative estimate of drug-likeness (QED) is 0.642. The summed E-state index contributed by atoms with van der Waals surface area (Å²) in [5, 5.41) is 7.52. The Balaban J connectivity index is 2.96. The Hall–Kier alpha value is -1.43. The highest BCUT2D eigenvalue weighted by atomic mass is 79.9. The highest BCUT2D eigenvalue weighted by Gasteiger charge is 2.17. The number of aromatic nitrogens is 1. The van der Waals surface area contributed by atoms with Gasteiger partial charge >= 0.3 is 5.97 Å². The van der Waals surface area contributed by atoms with Crippen LogP contribution in [0, 0.1) is 5.41 Å². The average molecular weight is 272 g/mol. The summed E-state index contributed by atoms with van der Waals surface area (Å²) in [5.41, 5.74) is 5.69. The van der Waals surface area contributed by atoms with Crippen LogP contribution in [0.2, 0.25) is 0 Å². The fraction of sp³-hybridized carbons (Fsp3) is 0.222. The molecule has 0 radical (unpaired) electrons. The minimum Gasteiger partial charge on any atom is -0.461 e. The van der Waals surface area contributed by atoms with Crippen molar-refractivity contribution in [3.05, 3.63) is 22.4 Å². The largest absolute Gasteiger partial charge is 0.461 e. The molecule has 0 amide bonds. The summed E-state index contributed by atoms with van der Waals surface area (Å²) in [7, 11) is 0. The van der Waals surface area contributed by atoms with Crippen LogP contribution >= 0.6 is 15.9 Å². The summed E-state index contributed by atoms with van der Waals surface area (Å²) in [6, 6.07) is 1.58. The average Bonchev–Trinajstić information content (AvgIpc) is 2.17. The lowest BCUT2D eigenvalue weighted by Gasteiger charge is -2.05. The lowest BCUT2D eigenvalue weighted by molar-refractivity contribution is -0.135. The van der Waals surface area contributed by atoms with Gasteiger partial charge in [-0.2, -0.15) is 0 Å². The van der Waals surface area contributed by atoms with Crippen molar-refractivity contribution in [1.82, 2.24) is 4.98 Å². The lowest BCUT2D eigenvalue weighted by atomic mass is 10.2. The number of carbonyl (C=O) groups excluding carboxylic acids is 1. The molecule has 0 fully saturated rings. The molecule has 1 heterocycles. The van der Waals surface area contributed by atoms with Gasteiger partial charge in [0.1, 0.15) is 5.69 Å². The van der Waals surface area contributed by atoms with E-state index in [2.05, 4.69) is 25.7 Å². The number of pyridine rings is 1. The molecule has 0 unspecified atom stereocenters. The van der Waals surface area contributed by atoms with Crippen LogP contribution in [0.15, 0.2) is 16.7 Å². The zero-order valence-corrected chi connectivity index (χ0v) is 9.67. The Labute approximate surface area is 95.3 Å². The van der Waals surface area contributed by atoms with Crippen molar-refractivity contribution >= 4 is 33.3 Å². The fourth-order valence-corrected chi connectivity index (χ4v) is 1.31. The van der Waals surface area contributed by atoms with Crippen molar-refractivity contribution in [2.45, 2.75) is 6.92 Å². The monoisotopic (exact) mass is 271 g/mol. The molecule has 6 heteroatoms. The van der Waals surface area contributed by atoms with Crippen LogP contribution in [0.5, 0.6) is 0 Å². The van der Waals surface area contributed by atoms with Crippen LogP contribution in [0.25, 0.3) is 0 Å². The number of rotatable bonds is 3. The van der Waals surface area contributed by atoms with Crippen LogP contribution in [-0.2, 0) is 9.53 Å². The van der Waals surface area contributed by atoms with Crippen molar-refractivity contribution in [2.75, 3.05) is 12.3 Å². The molecule has 0 saturated heterocycles. The molecule has 80 valence electrons. The Morgan fingerprint density at radius 3 is 2.93 bits per heavy atom. The molecule has 1 aromatic rings. The number of carbonyl (C=O) groups is 1. The maximum absolute atomic E-state index is 11.2. The molecular weight excluding hydrogens is 262 g/mol. The minimum absolute atomic E-state index is 0.136. The highest BCUT2D eigenvalue weighted by molar-refractivity contribution is 9.10. The van der Waals surface area contributed by atoms with E-state index in [1.807, 2.05) is 0 Å². The molecule has 3 N–H and O–H groups in total. The molecule has 0 aliphatic carbocycles. The molecule has 5 nitrogen and oxygen atoms in total. The van der Waals surface area contributed by atoms with E-state index in [0.29, 0.717) is 4.47 Å². The predicted octanol–water partition coefficient (Wildman–Crippen LogP) is 1.36. The van der Waals surface area contributed by atoms with Gasteiger partial charge in [-0.25, -0.2) is 4.79 Å². The second-order valence-electron chi connectivity index (χ2n) is 2.69. The molecule has 0 aliphatic rings. The summed E-state index contributed by atoms with van der Waals surface area (Å²) in [6.07, 6.45) is 1.47. The molecule has 1 rings (SSSR count). The maximum Gasteiger partial charge on any atom is 0.358 e. The second kappa shape index (κ2) is 4.88. The van der Waals surface area contributed by atoms with Gasteiger partial charge in [-0.3, -0.25) is 10.4 Å². The summed E-state index contributed by atoms with van der Waals surface area (Å²) < 4.78 is 5.37. The van der Waals surface area contributed by atoms with Gasteiger partial charge in [-0.15, -0.1) is 0 Å². The zero-order chi connectivity index (χ0) is 11.4. The van der Waals surface area contributed by atoms with Crippen LogP contribution in [0.1, 0.15) is 12.6 Å². The van der Waals surface area contributed by atoms with Gasteiger partial charge in [0.2, 0.25) is 0 Å². The van der Waals surface area contributed by atoms with Gasteiger partial charge in [0.15, 0.2) is 5.71 Å². The molecule has 1 aromatic heterocycles. The van der Waals surface area contributed by atoms with E-state index in [9.17, 15) is 4.79 Å². The Morgan fingerprint density at radius 2 is 2.40 bits per heavy atom. The van der Waals surface area contributed by atoms with Crippen LogP contribution in [0.4, 0.5) is 5.69 Å². The number of nitrogens with zero attached hydrogens (tertiary/aromatic N) is 1. The SMILES string of the molecule is CCOC(=O)C(=N)c1ncc(Br)cc1N. The third-order valence-electron chi connectivity index (χ3n) is 1.60. The van der Waals surface area contributed by atoms with E-state index in [4.69, 9.17) is 11.1 Å². The van der Waals surface area contributed by atoms with Crippen LogP contribution in [0.3, 0.4) is 0 Å². The molecular formula is C9H10BrN3O2. The first-order valence-electron chi connectivity index (χ1n) is 4.23.